The second-order valence-electron chi connectivity index (χ2n) is 4.66. The molecule has 2 heterocycles. The van der Waals surface area contributed by atoms with Crippen molar-refractivity contribution in [2.24, 2.45) is 5.92 Å². The summed E-state index contributed by atoms with van der Waals surface area (Å²) in [5.74, 6) is 0.682. The average Bonchev–Trinajstić information content (AvgIpc) is 2.78. The van der Waals surface area contributed by atoms with Crippen LogP contribution < -0.4 is 4.90 Å². The van der Waals surface area contributed by atoms with Crippen LogP contribution in [0.2, 0.25) is 0 Å². The smallest absolute Gasteiger partial charge is 0.171 e. The predicted octanol–water partition coefficient (Wildman–Crippen LogP) is 2.34. The molecule has 17 heavy (non-hydrogen) atoms. The quantitative estimate of drug-likeness (QED) is 0.874. The van der Waals surface area contributed by atoms with Crippen LogP contribution in [-0.4, -0.2) is 23.2 Å². The zero-order valence-electron chi connectivity index (χ0n) is 10.2. The highest BCUT2D eigenvalue weighted by Crippen LogP contribution is 2.27. The Kier molecular flexibility index (Phi) is 3.94. The molecule has 0 amide bonds. The minimum Gasteiger partial charge on any atom is -0.392 e. The number of anilines is 1. The molecule has 0 saturated carbocycles. The lowest BCUT2D eigenvalue weighted by atomic mass is 10.0. The molecule has 1 unspecified atom stereocenters. The largest absolute Gasteiger partial charge is 0.392 e. The Morgan fingerprint density at radius 1 is 1.59 bits per heavy atom. The molecule has 1 aromatic heterocycles. The Bertz CT molecular complexity index is 384. The molecule has 1 aliphatic heterocycles. The summed E-state index contributed by atoms with van der Waals surface area (Å²) in [5.41, 5.74) is 0.328. The summed E-state index contributed by atoms with van der Waals surface area (Å²) < 4.78 is 14.0. The van der Waals surface area contributed by atoms with Crippen molar-refractivity contribution < 1.29 is 9.50 Å². The van der Waals surface area contributed by atoms with Gasteiger partial charge in [0.05, 0.1) is 6.61 Å². The molecule has 1 fully saturated rings. The number of halogens is 1. The second-order valence-corrected chi connectivity index (χ2v) is 4.66. The lowest BCUT2D eigenvalue weighted by Gasteiger charge is -2.18. The monoisotopic (exact) mass is 238 g/mol. The van der Waals surface area contributed by atoms with Crippen LogP contribution in [-0.2, 0) is 6.61 Å². The zero-order chi connectivity index (χ0) is 12.3. The van der Waals surface area contributed by atoms with E-state index >= 15 is 0 Å². The average molecular weight is 238 g/mol. The van der Waals surface area contributed by atoms with Crippen LogP contribution in [0.5, 0.6) is 0 Å². The van der Waals surface area contributed by atoms with E-state index < -0.39 is 0 Å². The number of nitrogens with zero attached hydrogens (tertiary/aromatic N) is 2. The molecule has 1 saturated heterocycles. The van der Waals surface area contributed by atoms with Gasteiger partial charge < -0.3 is 10.0 Å². The van der Waals surface area contributed by atoms with Crippen LogP contribution in [0.15, 0.2) is 12.3 Å². The third kappa shape index (κ3) is 2.57. The van der Waals surface area contributed by atoms with E-state index in [0.29, 0.717) is 17.3 Å². The lowest BCUT2D eigenvalue weighted by molar-refractivity contribution is 0.275. The van der Waals surface area contributed by atoms with E-state index in [1.807, 2.05) is 4.90 Å². The van der Waals surface area contributed by atoms with E-state index in [2.05, 4.69) is 11.9 Å². The van der Waals surface area contributed by atoms with Gasteiger partial charge in [-0.3, -0.25) is 0 Å². The first-order valence-corrected chi connectivity index (χ1v) is 6.25. The van der Waals surface area contributed by atoms with Crippen molar-refractivity contribution in [2.45, 2.75) is 32.8 Å². The minimum absolute atomic E-state index is 0.270. The maximum absolute atomic E-state index is 14.0. The Labute approximate surface area is 101 Å². The predicted molar refractivity (Wildman–Crippen MR) is 65.3 cm³/mol. The number of hydrogen-bond acceptors (Lipinski definition) is 3. The molecule has 0 bridgehead atoms. The van der Waals surface area contributed by atoms with Gasteiger partial charge in [-0.05, 0) is 24.8 Å². The molecule has 1 N–H and O–H groups in total. The SMILES string of the molecule is CCCC1CCN(c2nccc(CO)c2F)C1. The third-order valence-electron chi connectivity index (χ3n) is 3.40. The van der Waals surface area contributed by atoms with Gasteiger partial charge in [-0.15, -0.1) is 0 Å². The molecule has 0 radical (unpaired) electrons. The Balaban J connectivity index is 2.13. The molecule has 94 valence electrons. The second kappa shape index (κ2) is 5.45. The molecule has 0 aromatic carbocycles. The number of hydrogen-bond donors (Lipinski definition) is 1. The molecular formula is C13H19FN2O. The maximum Gasteiger partial charge on any atom is 0.171 e. The van der Waals surface area contributed by atoms with Gasteiger partial charge in [-0.1, -0.05) is 13.3 Å². The topological polar surface area (TPSA) is 36.4 Å². The van der Waals surface area contributed by atoms with E-state index in [0.717, 1.165) is 19.5 Å². The van der Waals surface area contributed by atoms with Crippen molar-refractivity contribution >= 4 is 5.82 Å². The zero-order valence-corrected chi connectivity index (χ0v) is 10.2. The van der Waals surface area contributed by atoms with Gasteiger partial charge in [-0.2, -0.15) is 0 Å². The summed E-state index contributed by atoms with van der Waals surface area (Å²) in [4.78, 5) is 6.10. The van der Waals surface area contributed by atoms with E-state index in [4.69, 9.17) is 5.11 Å². The normalized spacial score (nSPS) is 19.9. The van der Waals surface area contributed by atoms with Crippen molar-refractivity contribution in [3.63, 3.8) is 0 Å². The van der Waals surface area contributed by atoms with Crippen LogP contribution in [0, 0.1) is 11.7 Å². The van der Waals surface area contributed by atoms with Gasteiger partial charge in [0.2, 0.25) is 0 Å². The Morgan fingerprint density at radius 3 is 3.12 bits per heavy atom. The first-order chi connectivity index (χ1) is 8.26. The number of rotatable bonds is 4. The van der Waals surface area contributed by atoms with Gasteiger partial charge in [0.1, 0.15) is 0 Å². The van der Waals surface area contributed by atoms with Crippen LogP contribution in [0.25, 0.3) is 0 Å². The summed E-state index contributed by atoms with van der Waals surface area (Å²) in [6.45, 7) is 3.65. The Morgan fingerprint density at radius 2 is 2.41 bits per heavy atom. The first-order valence-electron chi connectivity index (χ1n) is 6.25. The van der Waals surface area contributed by atoms with Gasteiger partial charge in [0, 0.05) is 24.8 Å². The molecule has 4 heteroatoms. The number of pyridine rings is 1. The van der Waals surface area contributed by atoms with Crippen LogP contribution in [0.3, 0.4) is 0 Å². The molecular weight excluding hydrogens is 219 g/mol. The van der Waals surface area contributed by atoms with E-state index in [-0.39, 0.29) is 12.4 Å². The molecule has 1 aliphatic rings. The Hall–Kier alpha value is -1.16. The molecule has 1 atom stereocenters. The summed E-state index contributed by atoms with van der Waals surface area (Å²) >= 11 is 0. The van der Waals surface area contributed by atoms with E-state index in [1.165, 1.54) is 18.9 Å². The van der Waals surface area contributed by atoms with Crippen molar-refractivity contribution in [3.8, 4) is 0 Å². The molecule has 3 nitrogen and oxygen atoms in total. The fourth-order valence-corrected chi connectivity index (χ4v) is 2.48. The summed E-state index contributed by atoms with van der Waals surface area (Å²) in [5, 5.41) is 9.04. The first kappa shape index (κ1) is 12.3. The van der Waals surface area contributed by atoms with Crippen LogP contribution in [0.4, 0.5) is 10.2 Å². The lowest BCUT2D eigenvalue weighted by Crippen LogP contribution is -2.22. The van der Waals surface area contributed by atoms with Crippen molar-refractivity contribution in [2.75, 3.05) is 18.0 Å². The molecule has 2 rings (SSSR count). The minimum atomic E-state index is -0.368. The highest BCUT2D eigenvalue weighted by Gasteiger charge is 2.25. The van der Waals surface area contributed by atoms with Gasteiger partial charge >= 0.3 is 0 Å². The fraction of sp³-hybridized carbons (Fsp3) is 0.615. The third-order valence-corrected chi connectivity index (χ3v) is 3.40. The van der Waals surface area contributed by atoms with Crippen molar-refractivity contribution in [1.29, 1.82) is 0 Å². The highest BCUT2D eigenvalue weighted by atomic mass is 19.1. The summed E-state index contributed by atoms with van der Waals surface area (Å²) in [6.07, 6.45) is 5.04. The number of aliphatic hydroxyl groups excluding tert-OH is 1. The van der Waals surface area contributed by atoms with Crippen LogP contribution >= 0.6 is 0 Å². The van der Waals surface area contributed by atoms with Gasteiger partial charge in [0.25, 0.3) is 0 Å². The fourth-order valence-electron chi connectivity index (χ4n) is 2.48. The van der Waals surface area contributed by atoms with Crippen molar-refractivity contribution in [1.82, 2.24) is 4.98 Å². The summed E-state index contributed by atoms with van der Waals surface area (Å²) in [6, 6.07) is 1.53. The van der Waals surface area contributed by atoms with Crippen molar-refractivity contribution in [3.05, 3.63) is 23.6 Å². The standard InChI is InChI=1S/C13H19FN2O/c1-2-3-10-5-7-16(8-10)13-12(14)11(9-17)4-6-15-13/h4,6,10,17H,2-3,5,7-9H2,1H3. The highest BCUT2D eigenvalue weighted by molar-refractivity contribution is 5.44. The van der Waals surface area contributed by atoms with Gasteiger partial charge in [-0.25, -0.2) is 9.37 Å². The number of aromatic nitrogens is 1. The van der Waals surface area contributed by atoms with Crippen LogP contribution in [0.1, 0.15) is 31.7 Å². The van der Waals surface area contributed by atoms with E-state index in [1.54, 1.807) is 6.20 Å². The molecule has 1 aromatic rings. The maximum atomic E-state index is 14.0. The van der Waals surface area contributed by atoms with Gasteiger partial charge in [0.15, 0.2) is 11.6 Å². The molecule has 0 aliphatic carbocycles. The summed E-state index contributed by atoms with van der Waals surface area (Å²) in [7, 11) is 0. The number of aliphatic hydroxyl groups is 1. The van der Waals surface area contributed by atoms with E-state index in [9.17, 15) is 4.39 Å². The molecule has 0 spiro atoms.